The average molecular weight is 265 g/mol. The van der Waals surface area contributed by atoms with Gasteiger partial charge in [-0.25, -0.2) is 0 Å². The van der Waals surface area contributed by atoms with Crippen molar-refractivity contribution in [2.24, 2.45) is 0 Å². The monoisotopic (exact) mass is 265 g/mol. The molecule has 0 amide bonds. The first kappa shape index (κ1) is 12.5. The number of nitro benzene ring substituents is 2. The van der Waals surface area contributed by atoms with E-state index in [0.29, 0.717) is 5.76 Å². The third-order valence-corrected chi connectivity index (χ3v) is 2.17. The second-order valence-corrected chi connectivity index (χ2v) is 3.54. The highest BCUT2D eigenvalue weighted by atomic mass is 16.6. The molecule has 1 heterocycles. The highest BCUT2D eigenvalue weighted by Crippen LogP contribution is 2.33. The van der Waals surface area contributed by atoms with Crippen LogP contribution in [0.25, 0.3) is 0 Å². The smallest absolute Gasteiger partial charge is 0.318 e. The molecule has 0 aliphatic carbocycles. The lowest BCUT2D eigenvalue weighted by Crippen LogP contribution is -1.96. The molecule has 0 atom stereocenters. The Hall–Kier alpha value is -2.97. The van der Waals surface area contributed by atoms with Gasteiger partial charge >= 0.3 is 5.69 Å². The minimum Gasteiger partial charge on any atom is -0.429 e. The summed E-state index contributed by atoms with van der Waals surface area (Å²) in [7, 11) is 0. The Morgan fingerprint density at radius 1 is 1.21 bits per heavy atom. The van der Waals surface area contributed by atoms with Gasteiger partial charge in [-0.2, -0.15) is 0 Å². The molecule has 0 spiro atoms. The number of hydrogen-bond donors (Lipinski definition) is 0. The quantitative estimate of drug-likeness (QED) is 0.614. The van der Waals surface area contributed by atoms with E-state index in [2.05, 4.69) is 5.16 Å². The standard InChI is InChI=1S/C10H7N3O6/c1-6-4-10(11-19-6)18-9-3-2-7(12(14)15)5-8(9)13(16)17/h2-5H,1H3. The molecule has 0 aliphatic rings. The lowest BCUT2D eigenvalue weighted by molar-refractivity contribution is -0.394. The predicted molar refractivity (Wildman–Crippen MR) is 61.1 cm³/mol. The van der Waals surface area contributed by atoms with Crippen LogP contribution in [0.1, 0.15) is 5.76 Å². The fourth-order valence-electron chi connectivity index (χ4n) is 1.35. The van der Waals surface area contributed by atoms with Gasteiger partial charge in [-0.15, -0.1) is 0 Å². The summed E-state index contributed by atoms with van der Waals surface area (Å²) in [5, 5.41) is 24.9. The number of nitro groups is 2. The van der Waals surface area contributed by atoms with Crippen LogP contribution in [0.4, 0.5) is 11.4 Å². The number of aryl methyl sites for hydroxylation is 1. The molecule has 0 unspecified atom stereocenters. The second kappa shape index (κ2) is 4.72. The van der Waals surface area contributed by atoms with Gasteiger partial charge in [0.05, 0.1) is 15.9 Å². The first-order valence-corrected chi connectivity index (χ1v) is 5.01. The van der Waals surface area contributed by atoms with Crippen LogP contribution in [0.2, 0.25) is 0 Å². The minimum absolute atomic E-state index is 0.0365. The molecule has 0 radical (unpaired) electrons. The van der Waals surface area contributed by atoms with Crippen molar-refractivity contribution in [2.75, 3.05) is 0 Å². The normalized spacial score (nSPS) is 10.2. The maximum atomic E-state index is 10.9. The number of rotatable bonds is 4. The minimum atomic E-state index is -0.769. The van der Waals surface area contributed by atoms with Crippen molar-refractivity contribution < 1.29 is 19.1 Å². The van der Waals surface area contributed by atoms with Gasteiger partial charge in [0.15, 0.2) is 0 Å². The van der Waals surface area contributed by atoms with Crippen molar-refractivity contribution in [1.82, 2.24) is 5.16 Å². The van der Waals surface area contributed by atoms with Crippen molar-refractivity contribution in [3.63, 3.8) is 0 Å². The Kier molecular flexibility index (Phi) is 3.10. The molecule has 9 nitrogen and oxygen atoms in total. The molecular weight excluding hydrogens is 258 g/mol. The molecule has 0 bridgehead atoms. The molecule has 2 rings (SSSR count). The van der Waals surface area contributed by atoms with Crippen molar-refractivity contribution in [1.29, 1.82) is 0 Å². The summed E-state index contributed by atoms with van der Waals surface area (Å²) >= 11 is 0. The third kappa shape index (κ3) is 2.65. The number of hydrogen-bond acceptors (Lipinski definition) is 7. The van der Waals surface area contributed by atoms with Crippen molar-refractivity contribution in [3.05, 3.63) is 50.3 Å². The maximum absolute atomic E-state index is 10.9. The van der Waals surface area contributed by atoms with E-state index in [-0.39, 0.29) is 11.6 Å². The van der Waals surface area contributed by atoms with Gasteiger partial charge in [0.25, 0.3) is 11.6 Å². The number of non-ortho nitro benzene ring substituents is 1. The summed E-state index contributed by atoms with van der Waals surface area (Å²) in [5.74, 6) is 0.359. The topological polar surface area (TPSA) is 122 Å². The van der Waals surface area contributed by atoms with E-state index < -0.39 is 21.2 Å². The van der Waals surface area contributed by atoms with Gasteiger partial charge in [0, 0.05) is 12.1 Å². The largest absolute Gasteiger partial charge is 0.429 e. The van der Waals surface area contributed by atoms with E-state index in [4.69, 9.17) is 9.26 Å². The van der Waals surface area contributed by atoms with Gasteiger partial charge < -0.3 is 9.26 Å². The maximum Gasteiger partial charge on any atom is 0.318 e. The summed E-state index contributed by atoms with van der Waals surface area (Å²) in [6.45, 7) is 1.63. The Labute approximate surface area is 105 Å². The zero-order valence-electron chi connectivity index (χ0n) is 9.60. The molecule has 0 N–H and O–H groups in total. The van der Waals surface area contributed by atoms with E-state index in [1.165, 1.54) is 6.07 Å². The summed E-state index contributed by atoms with van der Waals surface area (Å²) in [6, 6.07) is 4.50. The lowest BCUT2D eigenvalue weighted by atomic mass is 10.2. The predicted octanol–water partition coefficient (Wildman–Crippen LogP) is 2.59. The molecular formula is C10H7N3O6. The van der Waals surface area contributed by atoms with Crippen molar-refractivity contribution in [3.8, 4) is 11.6 Å². The third-order valence-electron chi connectivity index (χ3n) is 2.17. The zero-order valence-corrected chi connectivity index (χ0v) is 9.60. The van der Waals surface area contributed by atoms with Gasteiger partial charge in [-0.1, -0.05) is 0 Å². The van der Waals surface area contributed by atoms with Gasteiger partial charge in [0.1, 0.15) is 5.76 Å². The fraction of sp³-hybridized carbons (Fsp3) is 0.100. The van der Waals surface area contributed by atoms with Crippen molar-refractivity contribution >= 4 is 11.4 Å². The first-order valence-electron chi connectivity index (χ1n) is 5.01. The molecule has 0 saturated heterocycles. The summed E-state index contributed by atoms with van der Waals surface area (Å²) in [5.41, 5.74) is -0.912. The van der Waals surface area contributed by atoms with Crippen LogP contribution >= 0.6 is 0 Å². The van der Waals surface area contributed by atoms with Crippen LogP contribution in [-0.2, 0) is 0 Å². The lowest BCUT2D eigenvalue weighted by Gasteiger charge is -2.02. The van der Waals surface area contributed by atoms with Crippen LogP contribution in [0.15, 0.2) is 28.8 Å². The van der Waals surface area contributed by atoms with Crippen LogP contribution in [0.3, 0.4) is 0 Å². The molecule has 9 heteroatoms. The van der Waals surface area contributed by atoms with E-state index in [0.717, 1.165) is 18.2 Å². The number of ether oxygens (including phenoxy) is 1. The fourth-order valence-corrected chi connectivity index (χ4v) is 1.35. The average Bonchev–Trinajstić information content (AvgIpc) is 2.74. The number of benzene rings is 1. The van der Waals surface area contributed by atoms with Crippen LogP contribution < -0.4 is 4.74 Å². The number of aromatic nitrogens is 1. The van der Waals surface area contributed by atoms with Crippen LogP contribution in [-0.4, -0.2) is 15.0 Å². The zero-order chi connectivity index (χ0) is 14.0. The Bertz CT molecular complexity index is 650. The second-order valence-electron chi connectivity index (χ2n) is 3.54. The Morgan fingerprint density at radius 2 is 1.95 bits per heavy atom. The summed E-state index contributed by atoms with van der Waals surface area (Å²) in [4.78, 5) is 19.9. The van der Waals surface area contributed by atoms with E-state index >= 15 is 0 Å². The molecule has 0 fully saturated rings. The van der Waals surface area contributed by atoms with E-state index in [1.54, 1.807) is 6.92 Å². The Morgan fingerprint density at radius 3 is 2.47 bits per heavy atom. The molecule has 19 heavy (non-hydrogen) atoms. The molecule has 0 saturated carbocycles. The molecule has 98 valence electrons. The molecule has 1 aromatic heterocycles. The highest BCUT2D eigenvalue weighted by Gasteiger charge is 2.21. The van der Waals surface area contributed by atoms with E-state index in [1.807, 2.05) is 0 Å². The summed E-state index contributed by atoms with van der Waals surface area (Å²) < 4.78 is 9.90. The van der Waals surface area contributed by atoms with Gasteiger partial charge in [-0.3, -0.25) is 20.2 Å². The molecule has 1 aromatic carbocycles. The Balaban J connectivity index is 2.39. The SMILES string of the molecule is Cc1cc(Oc2ccc([N+](=O)[O-])cc2[N+](=O)[O-])no1. The van der Waals surface area contributed by atoms with Gasteiger partial charge in [0.2, 0.25) is 5.75 Å². The summed E-state index contributed by atoms with van der Waals surface area (Å²) in [6.07, 6.45) is 0. The van der Waals surface area contributed by atoms with Crippen molar-refractivity contribution in [2.45, 2.75) is 6.92 Å². The van der Waals surface area contributed by atoms with Crippen LogP contribution in [0.5, 0.6) is 11.6 Å². The molecule has 2 aromatic rings. The van der Waals surface area contributed by atoms with Crippen LogP contribution in [0, 0.1) is 27.2 Å². The number of nitrogens with zero attached hydrogens (tertiary/aromatic N) is 3. The highest BCUT2D eigenvalue weighted by molar-refractivity contribution is 5.54. The molecule has 0 aliphatic heterocycles. The van der Waals surface area contributed by atoms with E-state index in [9.17, 15) is 20.2 Å². The first-order chi connectivity index (χ1) is 8.97. The van der Waals surface area contributed by atoms with Gasteiger partial charge in [-0.05, 0) is 18.1 Å².